The zero-order valence-electron chi connectivity index (χ0n) is 19.4. The van der Waals surface area contributed by atoms with Gasteiger partial charge in [0.25, 0.3) is 5.91 Å². The van der Waals surface area contributed by atoms with Crippen molar-refractivity contribution in [1.29, 1.82) is 0 Å². The minimum absolute atomic E-state index is 0.105. The van der Waals surface area contributed by atoms with Crippen LogP contribution in [0.15, 0.2) is 50.5 Å². The molecule has 0 unspecified atom stereocenters. The van der Waals surface area contributed by atoms with E-state index in [1.807, 2.05) is 30.3 Å². The monoisotopic (exact) mass is 528 g/mol. The molecule has 1 atom stereocenters. The van der Waals surface area contributed by atoms with Gasteiger partial charge in [-0.2, -0.15) is 0 Å². The molecule has 33 heavy (non-hydrogen) atoms. The van der Waals surface area contributed by atoms with Crippen LogP contribution in [-0.2, 0) is 19.4 Å². The molecule has 1 aliphatic rings. The smallest absolute Gasteiger partial charge is 0.255 e. The van der Waals surface area contributed by atoms with Gasteiger partial charge in [-0.1, -0.05) is 36.7 Å². The van der Waals surface area contributed by atoms with Crippen LogP contribution in [0.5, 0.6) is 5.75 Å². The zero-order chi connectivity index (χ0) is 23.6. The van der Waals surface area contributed by atoms with Crippen molar-refractivity contribution in [2.24, 2.45) is 16.3 Å². The lowest BCUT2D eigenvalue weighted by Crippen LogP contribution is -2.28. The molecule has 0 fully saturated rings. The van der Waals surface area contributed by atoms with Crippen molar-refractivity contribution < 1.29 is 13.9 Å². The molecule has 1 aromatic carbocycles. The quantitative estimate of drug-likeness (QED) is 0.352. The molecule has 2 heterocycles. The van der Waals surface area contributed by atoms with Crippen LogP contribution >= 0.6 is 27.3 Å². The Hall–Kier alpha value is -2.38. The number of halogens is 1. The molecule has 2 aromatic heterocycles. The zero-order valence-corrected chi connectivity index (χ0v) is 21.8. The van der Waals surface area contributed by atoms with Crippen molar-refractivity contribution in [2.75, 3.05) is 7.11 Å². The molecule has 174 valence electrons. The van der Waals surface area contributed by atoms with Gasteiger partial charge in [-0.3, -0.25) is 4.79 Å². The average Bonchev–Trinajstić information content (AvgIpc) is 3.42. The summed E-state index contributed by atoms with van der Waals surface area (Å²) >= 11 is 5.15. The Kier molecular flexibility index (Phi) is 7.10. The number of nitrogens with zero attached hydrogens (tertiary/aromatic N) is 1. The summed E-state index contributed by atoms with van der Waals surface area (Å²) in [5.41, 5.74) is 2.92. The molecule has 1 aliphatic carbocycles. The molecule has 0 spiro atoms. The third-order valence-corrected chi connectivity index (χ3v) is 7.87. The van der Waals surface area contributed by atoms with Gasteiger partial charge in [0.15, 0.2) is 0 Å². The number of rotatable bonds is 6. The number of carbonyl (C=O) groups excluding carboxylic acids is 1. The number of carbonyl (C=O) groups is 1. The lowest BCUT2D eigenvalue weighted by molar-refractivity contribution is 0.0947. The maximum atomic E-state index is 13.3. The Labute approximate surface area is 207 Å². The van der Waals surface area contributed by atoms with Crippen molar-refractivity contribution in [3.8, 4) is 5.75 Å². The topological polar surface area (TPSA) is 63.8 Å². The first-order valence-electron chi connectivity index (χ1n) is 11.1. The summed E-state index contributed by atoms with van der Waals surface area (Å²) < 4.78 is 11.8. The third-order valence-electron chi connectivity index (χ3n) is 6.21. The van der Waals surface area contributed by atoms with E-state index in [2.05, 4.69) is 42.0 Å². The number of aliphatic imine (C=N–C) groups is 1. The van der Waals surface area contributed by atoms with E-state index in [9.17, 15) is 4.79 Å². The maximum Gasteiger partial charge on any atom is 0.255 e. The van der Waals surface area contributed by atoms with Crippen molar-refractivity contribution in [2.45, 2.75) is 46.6 Å². The lowest BCUT2D eigenvalue weighted by Gasteiger charge is -2.33. The van der Waals surface area contributed by atoms with Gasteiger partial charge in [-0.05, 0) is 66.5 Å². The van der Waals surface area contributed by atoms with Gasteiger partial charge in [0, 0.05) is 21.1 Å². The van der Waals surface area contributed by atoms with Gasteiger partial charge in [0.05, 0.1) is 25.5 Å². The summed E-state index contributed by atoms with van der Waals surface area (Å²) in [5, 5.41) is 3.76. The summed E-state index contributed by atoms with van der Waals surface area (Å²) in [7, 11) is 1.64. The van der Waals surface area contributed by atoms with E-state index in [-0.39, 0.29) is 11.3 Å². The molecule has 1 amide bonds. The standard InChI is InChI=1S/C26H29BrN2O3S/c1-26(2,3)17-7-9-20-22(13-17)33-25(23(20)24(30)28-15-19-6-5-11-32-19)29-14-16-12-18(27)8-10-21(16)31-4/h5-6,8,10-12,14,17H,7,9,13,15H2,1-4H3,(H,28,30)/t17-/m0/s1. The Morgan fingerprint density at radius 1 is 1.36 bits per heavy atom. The highest BCUT2D eigenvalue weighted by Crippen LogP contribution is 2.45. The number of hydrogen-bond acceptors (Lipinski definition) is 5. The van der Waals surface area contributed by atoms with Crippen molar-refractivity contribution >= 4 is 44.4 Å². The number of hydrogen-bond donors (Lipinski definition) is 1. The molecule has 0 saturated heterocycles. The second-order valence-electron chi connectivity index (χ2n) is 9.40. The third kappa shape index (κ3) is 5.41. The fraction of sp³-hybridized carbons (Fsp3) is 0.385. The number of benzene rings is 1. The van der Waals surface area contributed by atoms with Crippen LogP contribution < -0.4 is 10.1 Å². The summed E-state index contributed by atoms with van der Waals surface area (Å²) in [4.78, 5) is 19.4. The first-order chi connectivity index (χ1) is 15.8. The molecule has 0 radical (unpaired) electrons. The number of ether oxygens (including phenoxy) is 1. The van der Waals surface area contributed by atoms with Crippen LogP contribution in [0.25, 0.3) is 0 Å². The van der Waals surface area contributed by atoms with Crippen LogP contribution in [0, 0.1) is 11.3 Å². The van der Waals surface area contributed by atoms with Gasteiger partial charge in [0.1, 0.15) is 16.5 Å². The lowest BCUT2D eigenvalue weighted by atomic mass is 9.72. The van der Waals surface area contributed by atoms with Crippen LogP contribution in [0.1, 0.15) is 59.3 Å². The summed E-state index contributed by atoms with van der Waals surface area (Å²) in [5.74, 6) is 1.94. The molecule has 0 aliphatic heterocycles. The van der Waals surface area contributed by atoms with Crippen LogP contribution in [0.4, 0.5) is 5.00 Å². The fourth-order valence-electron chi connectivity index (χ4n) is 4.24. The van der Waals surface area contributed by atoms with E-state index in [1.165, 1.54) is 4.88 Å². The highest BCUT2D eigenvalue weighted by Gasteiger charge is 2.33. The second-order valence-corrected chi connectivity index (χ2v) is 11.4. The molecule has 5 nitrogen and oxygen atoms in total. The summed E-state index contributed by atoms with van der Waals surface area (Å²) in [6.45, 7) is 7.24. The molecule has 0 bridgehead atoms. The number of thiophene rings is 1. The molecular formula is C26H29BrN2O3S. The number of amides is 1. The minimum Gasteiger partial charge on any atom is -0.496 e. The number of methoxy groups -OCH3 is 1. The number of fused-ring (bicyclic) bond motifs is 1. The highest BCUT2D eigenvalue weighted by atomic mass is 79.9. The first kappa shape index (κ1) is 23.8. The Morgan fingerprint density at radius 3 is 2.88 bits per heavy atom. The van der Waals surface area contributed by atoms with E-state index in [1.54, 1.807) is 30.9 Å². The Bertz CT molecular complexity index is 1160. The molecule has 0 saturated carbocycles. The predicted octanol–water partition coefficient (Wildman–Crippen LogP) is 6.94. The minimum atomic E-state index is -0.105. The number of furan rings is 1. The molecular weight excluding hydrogens is 500 g/mol. The van der Waals surface area contributed by atoms with Crippen molar-refractivity contribution in [3.05, 3.63) is 68.4 Å². The Morgan fingerprint density at radius 2 is 2.18 bits per heavy atom. The normalized spacial score (nSPS) is 16.1. The SMILES string of the molecule is COc1ccc(Br)cc1C=Nc1sc2c(c1C(=O)NCc1ccco1)CC[C@H](C(C)(C)C)C2. The van der Waals surface area contributed by atoms with Gasteiger partial charge >= 0.3 is 0 Å². The first-order valence-corrected chi connectivity index (χ1v) is 12.7. The van der Waals surface area contributed by atoms with Gasteiger partial charge < -0.3 is 14.5 Å². The summed E-state index contributed by atoms with van der Waals surface area (Å²) in [6, 6.07) is 9.47. The molecule has 1 N–H and O–H groups in total. The van der Waals surface area contributed by atoms with Gasteiger partial charge in [-0.25, -0.2) is 4.99 Å². The van der Waals surface area contributed by atoms with Crippen molar-refractivity contribution in [1.82, 2.24) is 5.32 Å². The maximum absolute atomic E-state index is 13.3. The van der Waals surface area contributed by atoms with Crippen molar-refractivity contribution in [3.63, 3.8) is 0 Å². The van der Waals surface area contributed by atoms with E-state index >= 15 is 0 Å². The van der Waals surface area contributed by atoms with Crippen LogP contribution in [0.3, 0.4) is 0 Å². The van der Waals surface area contributed by atoms with Gasteiger partial charge in [0.2, 0.25) is 0 Å². The summed E-state index contributed by atoms with van der Waals surface area (Å²) in [6.07, 6.45) is 6.35. The van der Waals surface area contributed by atoms with Crippen LogP contribution in [0.2, 0.25) is 0 Å². The van der Waals surface area contributed by atoms with E-state index in [4.69, 9.17) is 14.1 Å². The fourth-order valence-corrected chi connectivity index (χ4v) is 5.89. The predicted molar refractivity (Wildman–Crippen MR) is 137 cm³/mol. The van der Waals surface area contributed by atoms with E-state index in [0.717, 1.165) is 51.4 Å². The van der Waals surface area contributed by atoms with E-state index < -0.39 is 0 Å². The highest BCUT2D eigenvalue weighted by molar-refractivity contribution is 9.10. The Balaban J connectivity index is 1.68. The molecule has 4 rings (SSSR count). The van der Waals surface area contributed by atoms with Crippen LogP contribution in [-0.4, -0.2) is 19.2 Å². The average molecular weight is 530 g/mol. The number of nitrogens with one attached hydrogen (secondary N) is 1. The van der Waals surface area contributed by atoms with Gasteiger partial charge in [-0.15, -0.1) is 11.3 Å². The second kappa shape index (κ2) is 9.85. The largest absolute Gasteiger partial charge is 0.496 e. The van der Waals surface area contributed by atoms with E-state index in [0.29, 0.717) is 18.0 Å². The molecule has 7 heteroatoms. The molecule has 3 aromatic rings.